The van der Waals surface area contributed by atoms with Crippen molar-refractivity contribution in [2.75, 3.05) is 12.9 Å². The van der Waals surface area contributed by atoms with Crippen LogP contribution >= 0.6 is 0 Å². The molecule has 0 spiro atoms. The van der Waals surface area contributed by atoms with Gasteiger partial charge in [0.2, 0.25) is 0 Å². The zero-order chi connectivity index (χ0) is 14.3. The lowest BCUT2D eigenvalue weighted by Crippen LogP contribution is -2.29. The molecular weight excluding hydrogens is 264 g/mol. The first-order valence-corrected chi connectivity index (χ1v) is 7.68. The maximum Gasteiger partial charge on any atom is 0.156 e. The molecule has 1 aliphatic carbocycles. The fraction of sp³-hybridized carbons (Fsp3) is 0.462. The van der Waals surface area contributed by atoms with Crippen LogP contribution in [0.2, 0.25) is 0 Å². The Balaban J connectivity index is 2.37. The smallest absolute Gasteiger partial charge is 0.156 e. The summed E-state index contributed by atoms with van der Waals surface area (Å²) in [4.78, 5) is 0. The number of benzene rings is 1. The van der Waals surface area contributed by atoms with E-state index in [0.29, 0.717) is 5.75 Å². The predicted octanol–water partition coefficient (Wildman–Crippen LogP) is 0.817. The van der Waals surface area contributed by atoms with Crippen LogP contribution in [0.4, 0.5) is 0 Å². The maximum atomic E-state index is 12.0. The third-order valence-electron chi connectivity index (χ3n) is 3.64. The average Bonchev–Trinajstić information content (AvgIpc) is 3.07. The van der Waals surface area contributed by atoms with E-state index in [2.05, 4.69) is 0 Å². The van der Waals surface area contributed by atoms with Crippen molar-refractivity contribution in [3.63, 3.8) is 0 Å². The topological polar surface area (TPSA) is 93.2 Å². The lowest BCUT2D eigenvalue weighted by molar-refractivity contribution is 0.414. The lowest BCUT2D eigenvalue weighted by Gasteiger charge is -2.03. The molecule has 1 aromatic rings. The molecule has 3 atom stereocenters. The molecule has 1 saturated carbocycles. The van der Waals surface area contributed by atoms with Crippen molar-refractivity contribution in [3.05, 3.63) is 29.8 Å². The van der Waals surface area contributed by atoms with E-state index in [-0.39, 0.29) is 5.75 Å². The molecule has 0 aromatic heterocycles. The second kappa shape index (κ2) is 4.51. The van der Waals surface area contributed by atoms with Gasteiger partial charge in [-0.1, -0.05) is 19.1 Å². The van der Waals surface area contributed by atoms with Gasteiger partial charge in [-0.3, -0.25) is 0 Å². The minimum atomic E-state index is -3.34. The van der Waals surface area contributed by atoms with E-state index in [0.717, 1.165) is 5.56 Å². The molecule has 0 bridgehead atoms. The van der Waals surface area contributed by atoms with E-state index in [9.17, 15) is 8.42 Å². The summed E-state index contributed by atoms with van der Waals surface area (Å²) in [6, 6.07) is 8.94. The standard InChI is InChI=1S/C13H16N2O3S/c1-3-19(16,17)12-11(13(12,15)8-14)9-4-6-10(18-2)7-5-9/h4-7,11-12H,3,15H2,1-2H3/t11-,12-,13-/m1/s1. The Kier molecular flexibility index (Phi) is 3.29. The highest BCUT2D eigenvalue weighted by Gasteiger charge is 2.69. The number of methoxy groups -OCH3 is 1. The van der Waals surface area contributed by atoms with Gasteiger partial charge in [-0.25, -0.2) is 8.42 Å². The number of rotatable bonds is 4. The van der Waals surface area contributed by atoms with Gasteiger partial charge in [0.05, 0.1) is 13.2 Å². The zero-order valence-electron chi connectivity index (χ0n) is 10.8. The van der Waals surface area contributed by atoms with Crippen LogP contribution in [0.5, 0.6) is 5.75 Å². The molecule has 2 N–H and O–H groups in total. The summed E-state index contributed by atoms with van der Waals surface area (Å²) >= 11 is 0. The maximum absolute atomic E-state index is 12.0. The molecule has 0 saturated heterocycles. The van der Waals surface area contributed by atoms with Gasteiger partial charge < -0.3 is 10.5 Å². The monoisotopic (exact) mass is 280 g/mol. The Morgan fingerprint density at radius 3 is 2.42 bits per heavy atom. The van der Waals surface area contributed by atoms with E-state index in [4.69, 9.17) is 15.7 Å². The van der Waals surface area contributed by atoms with Gasteiger partial charge in [0, 0.05) is 11.7 Å². The molecule has 1 aromatic carbocycles. The molecule has 19 heavy (non-hydrogen) atoms. The van der Waals surface area contributed by atoms with Crippen molar-refractivity contribution >= 4 is 9.84 Å². The summed E-state index contributed by atoms with van der Waals surface area (Å²) in [6.07, 6.45) is 0. The fourth-order valence-corrected chi connectivity index (χ4v) is 4.32. The summed E-state index contributed by atoms with van der Waals surface area (Å²) in [5.74, 6) is 0.206. The van der Waals surface area contributed by atoms with Gasteiger partial charge in [-0.05, 0) is 17.7 Å². The number of nitriles is 1. The van der Waals surface area contributed by atoms with Crippen molar-refractivity contribution in [1.29, 1.82) is 5.26 Å². The number of ether oxygens (including phenoxy) is 1. The fourth-order valence-electron chi connectivity index (χ4n) is 2.45. The molecule has 6 heteroatoms. The van der Waals surface area contributed by atoms with Crippen molar-refractivity contribution in [1.82, 2.24) is 0 Å². The zero-order valence-corrected chi connectivity index (χ0v) is 11.6. The summed E-state index contributed by atoms with van der Waals surface area (Å²) in [5.41, 5.74) is 5.37. The molecule has 0 amide bonds. The molecule has 102 valence electrons. The quantitative estimate of drug-likeness (QED) is 0.881. The van der Waals surface area contributed by atoms with Crippen LogP contribution in [0.15, 0.2) is 24.3 Å². The first-order chi connectivity index (χ1) is 8.90. The lowest BCUT2D eigenvalue weighted by atomic mass is 10.1. The van der Waals surface area contributed by atoms with Gasteiger partial charge in [0.15, 0.2) is 9.84 Å². The van der Waals surface area contributed by atoms with Crippen LogP contribution < -0.4 is 10.5 Å². The van der Waals surface area contributed by atoms with E-state index in [1.54, 1.807) is 38.3 Å². The Hall–Kier alpha value is -1.58. The van der Waals surface area contributed by atoms with Crippen molar-refractivity contribution in [2.24, 2.45) is 5.73 Å². The van der Waals surface area contributed by atoms with Gasteiger partial charge in [0.25, 0.3) is 0 Å². The number of nitrogens with two attached hydrogens (primary N) is 1. The van der Waals surface area contributed by atoms with Crippen molar-refractivity contribution < 1.29 is 13.2 Å². The molecule has 0 aliphatic heterocycles. The van der Waals surface area contributed by atoms with Crippen LogP contribution in [0, 0.1) is 11.3 Å². The highest BCUT2D eigenvalue weighted by Crippen LogP contribution is 2.54. The number of sulfone groups is 1. The molecule has 1 fully saturated rings. The average molecular weight is 280 g/mol. The largest absolute Gasteiger partial charge is 0.497 e. The summed E-state index contributed by atoms with van der Waals surface area (Å²) in [5, 5.41) is 8.35. The molecule has 2 rings (SSSR count). The van der Waals surface area contributed by atoms with Gasteiger partial charge in [0.1, 0.15) is 16.5 Å². The van der Waals surface area contributed by atoms with Gasteiger partial charge in [-0.2, -0.15) is 5.26 Å². The molecule has 0 heterocycles. The van der Waals surface area contributed by atoms with Crippen LogP contribution in [-0.2, 0) is 9.84 Å². The number of hydrogen-bond acceptors (Lipinski definition) is 5. The third-order valence-corrected chi connectivity index (χ3v) is 5.88. The van der Waals surface area contributed by atoms with Crippen LogP contribution in [0.1, 0.15) is 18.4 Å². The Morgan fingerprint density at radius 2 is 2.00 bits per heavy atom. The third kappa shape index (κ3) is 2.09. The first kappa shape index (κ1) is 13.8. The highest BCUT2D eigenvalue weighted by atomic mass is 32.2. The minimum absolute atomic E-state index is 0.00898. The molecule has 1 aliphatic rings. The van der Waals surface area contributed by atoms with Crippen molar-refractivity contribution in [2.45, 2.75) is 23.6 Å². The molecule has 0 unspecified atom stereocenters. The molecule has 5 nitrogen and oxygen atoms in total. The van der Waals surface area contributed by atoms with E-state index < -0.39 is 26.5 Å². The van der Waals surface area contributed by atoms with E-state index >= 15 is 0 Å². The van der Waals surface area contributed by atoms with Crippen LogP contribution in [-0.4, -0.2) is 32.1 Å². The predicted molar refractivity (Wildman–Crippen MR) is 71.5 cm³/mol. The van der Waals surface area contributed by atoms with Gasteiger partial charge >= 0.3 is 0 Å². The number of nitrogens with zero attached hydrogens (tertiary/aromatic N) is 1. The summed E-state index contributed by atoms with van der Waals surface area (Å²) in [6.45, 7) is 1.57. The first-order valence-electron chi connectivity index (χ1n) is 5.96. The number of hydrogen-bond donors (Lipinski definition) is 1. The second-order valence-corrected chi connectivity index (χ2v) is 7.08. The normalized spacial score (nSPS) is 29.6. The second-order valence-electron chi connectivity index (χ2n) is 4.67. The molecule has 0 radical (unpaired) electrons. The van der Waals surface area contributed by atoms with Crippen molar-refractivity contribution in [3.8, 4) is 11.8 Å². The highest BCUT2D eigenvalue weighted by molar-refractivity contribution is 7.92. The minimum Gasteiger partial charge on any atom is -0.497 e. The molecular formula is C13H16N2O3S. The Bertz CT molecular complexity index is 618. The van der Waals surface area contributed by atoms with E-state index in [1.165, 1.54) is 0 Å². The van der Waals surface area contributed by atoms with Gasteiger partial charge in [-0.15, -0.1) is 0 Å². The Morgan fingerprint density at radius 1 is 1.42 bits per heavy atom. The summed E-state index contributed by atoms with van der Waals surface area (Å²) < 4.78 is 29.0. The SMILES string of the molecule is CCS(=O)(=O)[C@@H]1[C@@H](c2ccc(OC)cc2)[C@]1(N)C#N. The van der Waals surface area contributed by atoms with Crippen LogP contribution in [0.3, 0.4) is 0 Å². The van der Waals surface area contributed by atoms with Crippen LogP contribution in [0.25, 0.3) is 0 Å². The summed E-state index contributed by atoms with van der Waals surface area (Å²) in [7, 11) is -1.78. The Labute approximate surface area is 112 Å². The van der Waals surface area contributed by atoms with E-state index in [1.807, 2.05) is 6.07 Å².